The lowest BCUT2D eigenvalue weighted by Gasteiger charge is -2.22. The molecule has 1 heterocycles. The zero-order valence-electron chi connectivity index (χ0n) is 8.23. The molecule has 5 heteroatoms. The van der Waals surface area contributed by atoms with Crippen molar-refractivity contribution >= 4 is 11.9 Å². The van der Waals surface area contributed by atoms with Gasteiger partial charge in [-0.3, -0.25) is 4.79 Å². The van der Waals surface area contributed by atoms with Crippen LogP contribution in [0.2, 0.25) is 0 Å². The van der Waals surface area contributed by atoms with Gasteiger partial charge in [-0.25, -0.2) is 4.99 Å². The fourth-order valence-corrected chi connectivity index (χ4v) is 1.45. The van der Waals surface area contributed by atoms with Crippen LogP contribution in [0.25, 0.3) is 0 Å². The standard InChI is InChI=1S/C9H15NO4/c1-13-9(10-6-8(11)12)7-2-4-14-5-3-7/h7H,2-6H2,1H3,(H,11,12). The van der Waals surface area contributed by atoms with Crippen LogP contribution in [0.15, 0.2) is 4.99 Å². The van der Waals surface area contributed by atoms with Gasteiger partial charge in [-0.1, -0.05) is 0 Å². The first kappa shape index (κ1) is 11.0. The molecule has 1 rings (SSSR count). The van der Waals surface area contributed by atoms with Crippen LogP contribution < -0.4 is 0 Å². The first-order valence-corrected chi connectivity index (χ1v) is 4.62. The van der Waals surface area contributed by atoms with Crippen molar-refractivity contribution in [2.45, 2.75) is 12.8 Å². The Morgan fingerprint density at radius 3 is 2.71 bits per heavy atom. The Bertz CT molecular complexity index is 221. The van der Waals surface area contributed by atoms with Gasteiger partial charge in [-0.05, 0) is 12.8 Å². The summed E-state index contributed by atoms with van der Waals surface area (Å²) in [6.45, 7) is 1.17. The monoisotopic (exact) mass is 201 g/mol. The highest BCUT2D eigenvalue weighted by atomic mass is 16.5. The molecule has 0 aromatic heterocycles. The van der Waals surface area contributed by atoms with Gasteiger partial charge in [0.15, 0.2) is 5.90 Å². The van der Waals surface area contributed by atoms with Crippen LogP contribution in [0.5, 0.6) is 0 Å². The lowest BCUT2D eigenvalue weighted by Crippen LogP contribution is -2.25. The molecule has 1 N–H and O–H groups in total. The Kier molecular flexibility index (Phi) is 4.39. The van der Waals surface area contributed by atoms with Crippen molar-refractivity contribution in [1.82, 2.24) is 0 Å². The average Bonchev–Trinajstić information content (AvgIpc) is 2.20. The lowest BCUT2D eigenvalue weighted by molar-refractivity contribution is -0.135. The minimum Gasteiger partial charge on any atom is -0.484 e. The molecule has 0 spiro atoms. The SMILES string of the molecule is COC(=NCC(=O)O)C1CCOCC1. The van der Waals surface area contributed by atoms with Gasteiger partial charge >= 0.3 is 5.97 Å². The minimum absolute atomic E-state index is 0.216. The Balaban J connectivity index is 2.50. The normalized spacial score (nSPS) is 19.4. The molecule has 1 aliphatic heterocycles. The Morgan fingerprint density at radius 2 is 2.21 bits per heavy atom. The fraction of sp³-hybridized carbons (Fsp3) is 0.778. The molecule has 1 saturated heterocycles. The number of carboxylic acid groups (broad SMARTS) is 1. The van der Waals surface area contributed by atoms with E-state index in [1.54, 1.807) is 0 Å². The number of methoxy groups -OCH3 is 1. The Labute approximate surface area is 82.7 Å². The second-order valence-corrected chi connectivity index (χ2v) is 3.14. The van der Waals surface area contributed by atoms with Gasteiger partial charge in [0.05, 0.1) is 7.11 Å². The summed E-state index contributed by atoms with van der Waals surface area (Å²) in [7, 11) is 1.52. The van der Waals surface area contributed by atoms with Crippen LogP contribution >= 0.6 is 0 Å². The maximum atomic E-state index is 10.3. The summed E-state index contributed by atoms with van der Waals surface area (Å²) in [5, 5.41) is 8.47. The van der Waals surface area contributed by atoms with Crippen LogP contribution in [0.4, 0.5) is 0 Å². The second kappa shape index (κ2) is 5.59. The summed E-state index contributed by atoms with van der Waals surface area (Å²) in [6.07, 6.45) is 1.71. The van der Waals surface area contributed by atoms with Gasteiger partial charge in [-0.2, -0.15) is 0 Å². The van der Waals surface area contributed by atoms with Crippen LogP contribution in [-0.4, -0.2) is 43.8 Å². The third kappa shape index (κ3) is 3.33. The molecule has 0 aromatic rings. The number of hydrogen-bond acceptors (Lipinski definition) is 4. The first-order chi connectivity index (χ1) is 6.74. The number of carbonyl (C=O) groups is 1. The smallest absolute Gasteiger partial charge is 0.325 e. The fourth-order valence-electron chi connectivity index (χ4n) is 1.45. The summed E-state index contributed by atoms with van der Waals surface area (Å²) >= 11 is 0. The van der Waals surface area contributed by atoms with E-state index in [1.165, 1.54) is 7.11 Å². The molecule has 1 aliphatic rings. The van der Waals surface area contributed by atoms with E-state index in [2.05, 4.69) is 4.99 Å². The lowest BCUT2D eigenvalue weighted by atomic mass is 10.0. The van der Waals surface area contributed by atoms with Gasteiger partial charge in [0.1, 0.15) is 6.54 Å². The molecule has 80 valence electrons. The maximum absolute atomic E-state index is 10.3. The van der Waals surface area contributed by atoms with E-state index in [0.717, 1.165) is 12.8 Å². The molecule has 0 unspecified atom stereocenters. The molecule has 14 heavy (non-hydrogen) atoms. The number of nitrogens with zero attached hydrogens (tertiary/aromatic N) is 1. The third-order valence-corrected chi connectivity index (χ3v) is 2.15. The zero-order valence-corrected chi connectivity index (χ0v) is 8.23. The molecule has 5 nitrogen and oxygen atoms in total. The topological polar surface area (TPSA) is 68.1 Å². The van der Waals surface area contributed by atoms with Crippen LogP contribution in [0, 0.1) is 5.92 Å². The van der Waals surface area contributed by atoms with Crippen LogP contribution in [-0.2, 0) is 14.3 Å². The number of ether oxygens (including phenoxy) is 2. The number of aliphatic imine (C=N–C) groups is 1. The van der Waals surface area contributed by atoms with Gasteiger partial charge in [0.2, 0.25) is 0 Å². The van der Waals surface area contributed by atoms with Gasteiger partial charge in [0, 0.05) is 19.1 Å². The third-order valence-electron chi connectivity index (χ3n) is 2.15. The largest absolute Gasteiger partial charge is 0.484 e. The molecule has 0 saturated carbocycles. The number of rotatable bonds is 3. The minimum atomic E-state index is -0.938. The van der Waals surface area contributed by atoms with E-state index in [1.807, 2.05) is 0 Å². The summed E-state index contributed by atoms with van der Waals surface area (Å²) in [5.74, 6) is -0.185. The molecule has 0 aromatic carbocycles. The van der Waals surface area contributed by atoms with Gasteiger partial charge < -0.3 is 14.6 Å². The number of carboxylic acids is 1. The predicted octanol–water partition coefficient (Wildman–Crippen LogP) is 0.542. The highest BCUT2D eigenvalue weighted by Gasteiger charge is 2.20. The van der Waals surface area contributed by atoms with Crippen molar-refractivity contribution in [2.24, 2.45) is 10.9 Å². The summed E-state index contributed by atoms with van der Waals surface area (Å²) in [5.41, 5.74) is 0. The summed E-state index contributed by atoms with van der Waals surface area (Å²) in [6, 6.07) is 0. The molecule has 0 amide bonds. The highest BCUT2D eigenvalue weighted by Crippen LogP contribution is 2.16. The van der Waals surface area contributed by atoms with Crippen molar-refractivity contribution in [1.29, 1.82) is 0 Å². The summed E-state index contributed by atoms with van der Waals surface area (Å²) < 4.78 is 10.3. The maximum Gasteiger partial charge on any atom is 0.325 e. The molecule has 0 atom stereocenters. The van der Waals surface area contributed by atoms with Crippen molar-refractivity contribution in [3.63, 3.8) is 0 Å². The van der Waals surface area contributed by atoms with Crippen molar-refractivity contribution in [3.8, 4) is 0 Å². The van der Waals surface area contributed by atoms with E-state index in [9.17, 15) is 4.79 Å². The highest BCUT2D eigenvalue weighted by molar-refractivity contribution is 5.81. The van der Waals surface area contributed by atoms with E-state index >= 15 is 0 Å². The quantitative estimate of drug-likeness (QED) is 0.534. The van der Waals surface area contributed by atoms with Crippen molar-refractivity contribution in [3.05, 3.63) is 0 Å². The molecule has 0 radical (unpaired) electrons. The molecular weight excluding hydrogens is 186 g/mol. The van der Waals surface area contributed by atoms with E-state index in [4.69, 9.17) is 14.6 Å². The second-order valence-electron chi connectivity index (χ2n) is 3.14. The average molecular weight is 201 g/mol. The molecule has 0 aliphatic carbocycles. The molecular formula is C9H15NO4. The predicted molar refractivity (Wildman–Crippen MR) is 50.5 cm³/mol. The number of hydrogen-bond donors (Lipinski definition) is 1. The van der Waals surface area contributed by atoms with E-state index in [-0.39, 0.29) is 12.5 Å². The van der Waals surface area contributed by atoms with Crippen LogP contribution in [0.1, 0.15) is 12.8 Å². The van der Waals surface area contributed by atoms with E-state index < -0.39 is 5.97 Å². The van der Waals surface area contributed by atoms with Crippen molar-refractivity contribution < 1.29 is 19.4 Å². The Morgan fingerprint density at radius 1 is 1.57 bits per heavy atom. The molecule has 0 bridgehead atoms. The molecule has 1 fully saturated rings. The van der Waals surface area contributed by atoms with Crippen LogP contribution in [0.3, 0.4) is 0 Å². The Hall–Kier alpha value is -1.10. The first-order valence-electron chi connectivity index (χ1n) is 4.62. The zero-order chi connectivity index (χ0) is 10.4. The number of aliphatic carboxylic acids is 1. The van der Waals surface area contributed by atoms with E-state index in [0.29, 0.717) is 19.1 Å². The van der Waals surface area contributed by atoms with Gasteiger partial charge in [-0.15, -0.1) is 0 Å². The van der Waals surface area contributed by atoms with Gasteiger partial charge in [0.25, 0.3) is 0 Å². The summed E-state index contributed by atoms with van der Waals surface area (Å²) in [4.78, 5) is 14.2. The van der Waals surface area contributed by atoms with Crippen molar-refractivity contribution in [2.75, 3.05) is 26.9 Å².